The quantitative estimate of drug-likeness (QED) is 0.659. The van der Waals surface area contributed by atoms with Crippen LogP contribution in [0.1, 0.15) is 16.8 Å². The number of benzene rings is 2. The average molecular weight is 409 g/mol. The minimum Gasteiger partial charge on any atom is -0.493 e. The molecule has 25 heavy (non-hydrogen) atoms. The molecule has 2 N–H and O–H groups in total. The van der Waals surface area contributed by atoms with Crippen LogP contribution in [0.5, 0.6) is 5.75 Å². The van der Waals surface area contributed by atoms with Gasteiger partial charge in [-0.15, -0.1) is 0 Å². The standard InChI is InChI=1S/C18H18BrFN2O3/c19-13-4-3-5-14(12-13)25-11-8-17(23)21-9-10-22-18(24)15-6-1-2-7-16(15)20/h1-7,12H,8-11H2,(H,21,23)(H,22,24). The molecule has 5 nitrogen and oxygen atoms in total. The van der Waals surface area contributed by atoms with Crippen molar-refractivity contribution in [2.24, 2.45) is 0 Å². The first-order valence-electron chi connectivity index (χ1n) is 7.74. The van der Waals surface area contributed by atoms with E-state index in [1.807, 2.05) is 18.2 Å². The predicted octanol–water partition coefficient (Wildman–Crippen LogP) is 2.90. The highest BCUT2D eigenvalue weighted by atomic mass is 79.9. The summed E-state index contributed by atoms with van der Waals surface area (Å²) < 4.78 is 19.8. The molecule has 0 fully saturated rings. The van der Waals surface area contributed by atoms with Crippen molar-refractivity contribution in [1.29, 1.82) is 0 Å². The van der Waals surface area contributed by atoms with E-state index in [0.29, 0.717) is 5.75 Å². The summed E-state index contributed by atoms with van der Waals surface area (Å²) in [5, 5.41) is 5.22. The van der Waals surface area contributed by atoms with Gasteiger partial charge in [0, 0.05) is 17.6 Å². The summed E-state index contributed by atoms with van der Waals surface area (Å²) in [6.07, 6.45) is 0.202. The second-order valence-electron chi connectivity index (χ2n) is 5.14. The third-order valence-electron chi connectivity index (χ3n) is 3.25. The molecule has 2 rings (SSSR count). The Hall–Kier alpha value is -2.41. The van der Waals surface area contributed by atoms with Crippen LogP contribution in [0.4, 0.5) is 4.39 Å². The van der Waals surface area contributed by atoms with Gasteiger partial charge in [-0.25, -0.2) is 4.39 Å². The Morgan fingerprint density at radius 1 is 1.04 bits per heavy atom. The summed E-state index contributed by atoms with van der Waals surface area (Å²) in [5.41, 5.74) is -0.0174. The molecule has 0 heterocycles. The molecule has 0 bridgehead atoms. The van der Waals surface area contributed by atoms with Crippen LogP contribution in [0.25, 0.3) is 0 Å². The summed E-state index contributed by atoms with van der Waals surface area (Å²) >= 11 is 3.34. The van der Waals surface area contributed by atoms with Crippen molar-refractivity contribution >= 4 is 27.7 Å². The maximum Gasteiger partial charge on any atom is 0.254 e. The lowest BCUT2D eigenvalue weighted by Gasteiger charge is -2.09. The average Bonchev–Trinajstić information content (AvgIpc) is 2.59. The zero-order valence-corrected chi connectivity index (χ0v) is 15.0. The minimum atomic E-state index is -0.575. The largest absolute Gasteiger partial charge is 0.493 e. The van der Waals surface area contributed by atoms with Crippen LogP contribution in [-0.4, -0.2) is 31.5 Å². The van der Waals surface area contributed by atoms with Crippen LogP contribution in [0.15, 0.2) is 53.0 Å². The van der Waals surface area contributed by atoms with Gasteiger partial charge in [0.15, 0.2) is 0 Å². The number of rotatable bonds is 8. The van der Waals surface area contributed by atoms with E-state index in [0.717, 1.165) is 4.47 Å². The fourth-order valence-corrected chi connectivity index (χ4v) is 2.40. The van der Waals surface area contributed by atoms with E-state index in [2.05, 4.69) is 26.6 Å². The number of hydrogen-bond donors (Lipinski definition) is 2. The van der Waals surface area contributed by atoms with E-state index in [4.69, 9.17) is 4.74 Å². The molecule has 0 spiro atoms. The molecule has 0 aliphatic heterocycles. The molecule has 2 aromatic rings. The van der Waals surface area contributed by atoms with Gasteiger partial charge >= 0.3 is 0 Å². The van der Waals surface area contributed by atoms with Crippen molar-refractivity contribution < 1.29 is 18.7 Å². The van der Waals surface area contributed by atoms with E-state index < -0.39 is 11.7 Å². The maximum atomic E-state index is 13.4. The molecule has 0 aliphatic carbocycles. The third-order valence-corrected chi connectivity index (χ3v) is 3.74. The second-order valence-corrected chi connectivity index (χ2v) is 6.06. The first-order chi connectivity index (χ1) is 12.1. The minimum absolute atomic E-state index is 0.0174. The topological polar surface area (TPSA) is 67.4 Å². The molecule has 0 aliphatic rings. The SMILES string of the molecule is O=C(CCOc1cccc(Br)c1)NCCNC(=O)c1ccccc1F. The van der Waals surface area contributed by atoms with Gasteiger partial charge in [-0.05, 0) is 30.3 Å². The fraction of sp³-hybridized carbons (Fsp3) is 0.222. The molecular weight excluding hydrogens is 391 g/mol. The van der Waals surface area contributed by atoms with E-state index in [9.17, 15) is 14.0 Å². The summed E-state index contributed by atoms with van der Waals surface area (Å²) in [4.78, 5) is 23.5. The van der Waals surface area contributed by atoms with Gasteiger partial charge in [0.2, 0.25) is 5.91 Å². The Labute approximate surface area is 153 Å². The lowest BCUT2D eigenvalue weighted by Crippen LogP contribution is -2.35. The number of hydrogen-bond acceptors (Lipinski definition) is 3. The molecule has 0 aromatic heterocycles. The van der Waals surface area contributed by atoms with Crippen LogP contribution in [0.3, 0.4) is 0 Å². The van der Waals surface area contributed by atoms with Gasteiger partial charge < -0.3 is 15.4 Å². The first-order valence-corrected chi connectivity index (χ1v) is 8.53. The molecule has 2 amide bonds. The first kappa shape index (κ1) is 18.9. The maximum absolute atomic E-state index is 13.4. The van der Waals surface area contributed by atoms with E-state index in [1.165, 1.54) is 18.2 Å². The second kappa shape index (κ2) is 9.78. The number of amides is 2. The molecular formula is C18H18BrFN2O3. The fourth-order valence-electron chi connectivity index (χ4n) is 2.03. The van der Waals surface area contributed by atoms with Gasteiger partial charge in [-0.1, -0.05) is 34.1 Å². The third kappa shape index (κ3) is 6.54. The normalized spacial score (nSPS) is 10.2. The van der Waals surface area contributed by atoms with E-state index in [1.54, 1.807) is 12.1 Å². The lowest BCUT2D eigenvalue weighted by molar-refractivity contribution is -0.121. The van der Waals surface area contributed by atoms with Crippen LogP contribution >= 0.6 is 15.9 Å². The van der Waals surface area contributed by atoms with Crippen LogP contribution < -0.4 is 15.4 Å². The number of nitrogens with one attached hydrogen (secondary N) is 2. The Balaban J connectivity index is 1.61. The molecule has 0 atom stereocenters. The van der Waals surface area contributed by atoms with Crippen LogP contribution in [0, 0.1) is 5.82 Å². The van der Waals surface area contributed by atoms with Gasteiger partial charge in [-0.2, -0.15) is 0 Å². The van der Waals surface area contributed by atoms with Crippen molar-refractivity contribution in [3.05, 3.63) is 64.4 Å². The van der Waals surface area contributed by atoms with Crippen molar-refractivity contribution in [2.45, 2.75) is 6.42 Å². The van der Waals surface area contributed by atoms with Crippen molar-refractivity contribution in [3.8, 4) is 5.75 Å². The van der Waals surface area contributed by atoms with Gasteiger partial charge in [0.25, 0.3) is 5.91 Å². The molecule has 7 heteroatoms. The highest BCUT2D eigenvalue weighted by Crippen LogP contribution is 2.17. The predicted molar refractivity (Wildman–Crippen MR) is 96.0 cm³/mol. The molecule has 2 aromatic carbocycles. The molecule has 0 saturated carbocycles. The Kier molecular flexibility index (Phi) is 7.40. The highest BCUT2D eigenvalue weighted by molar-refractivity contribution is 9.10. The Morgan fingerprint density at radius 3 is 2.56 bits per heavy atom. The molecule has 0 radical (unpaired) electrons. The zero-order valence-electron chi connectivity index (χ0n) is 13.4. The number of halogens is 2. The molecule has 0 saturated heterocycles. The number of carbonyl (C=O) groups is 2. The van der Waals surface area contributed by atoms with Crippen LogP contribution in [-0.2, 0) is 4.79 Å². The lowest BCUT2D eigenvalue weighted by atomic mass is 10.2. The summed E-state index contributed by atoms with van der Waals surface area (Å²) in [6.45, 7) is 0.727. The van der Waals surface area contributed by atoms with Gasteiger partial charge in [0.1, 0.15) is 11.6 Å². The van der Waals surface area contributed by atoms with E-state index in [-0.39, 0.29) is 37.6 Å². The Morgan fingerprint density at radius 2 is 1.80 bits per heavy atom. The zero-order chi connectivity index (χ0) is 18.1. The summed E-state index contributed by atoms with van der Waals surface area (Å²) in [7, 11) is 0. The highest BCUT2D eigenvalue weighted by Gasteiger charge is 2.09. The number of ether oxygens (including phenoxy) is 1. The van der Waals surface area contributed by atoms with Crippen molar-refractivity contribution in [2.75, 3.05) is 19.7 Å². The van der Waals surface area contributed by atoms with Gasteiger partial charge in [-0.3, -0.25) is 9.59 Å². The molecule has 132 valence electrons. The monoisotopic (exact) mass is 408 g/mol. The van der Waals surface area contributed by atoms with E-state index >= 15 is 0 Å². The molecule has 0 unspecified atom stereocenters. The van der Waals surface area contributed by atoms with Gasteiger partial charge in [0.05, 0.1) is 18.6 Å². The smallest absolute Gasteiger partial charge is 0.254 e. The summed E-state index contributed by atoms with van der Waals surface area (Å²) in [6, 6.07) is 13.1. The van der Waals surface area contributed by atoms with Crippen LogP contribution in [0.2, 0.25) is 0 Å². The van der Waals surface area contributed by atoms with Crippen molar-refractivity contribution in [1.82, 2.24) is 10.6 Å². The Bertz CT molecular complexity index is 740. The number of carbonyl (C=O) groups excluding carboxylic acids is 2. The van der Waals surface area contributed by atoms with Crippen molar-refractivity contribution in [3.63, 3.8) is 0 Å². The summed E-state index contributed by atoms with van der Waals surface area (Å²) in [5.74, 6) is -0.589.